The normalized spacial score (nSPS) is 14.4. The van der Waals surface area contributed by atoms with Gasteiger partial charge in [-0.3, -0.25) is 4.79 Å². The Morgan fingerprint density at radius 1 is 1.50 bits per heavy atom. The molecule has 88 valence electrons. The van der Waals surface area contributed by atoms with E-state index in [1.807, 2.05) is 25.1 Å². The fraction of sp³-hybridized carbons (Fsp3) is 0.417. The molecule has 0 bridgehead atoms. The van der Waals surface area contributed by atoms with Crippen LogP contribution in [0.1, 0.15) is 25.3 Å². The van der Waals surface area contributed by atoms with Crippen LogP contribution in [0.4, 0.5) is 0 Å². The predicted octanol–water partition coefficient (Wildman–Crippen LogP) is 2.42. The standard InChI is InChI=1S/C12H16ClNO2/c1-12(8-14,7-6-11(15)16)9-4-2-3-5-10(9)13/h2-5H,6-8,14H2,1H3,(H,15,16). The highest BCUT2D eigenvalue weighted by atomic mass is 35.5. The predicted molar refractivity (Wildman–Crippen MR) is 64.7 cm³/mol. The van der Waals surface area contributed by atoms with Crippen molar-refractivity contribution in [2.75, 3.05) is 6.54 Å². The van der Waals surface area contributed by atoms with E-state index < -0.39 is 5.97 Å². The molecular weight excluding hydrogens is 226 g/mol. The Labute approximate surface area is 100 Å². The molecule has 3 nitrogen and oxygen atoms in total. The highest BCUT2D eigenvalue weighted by molar-refractivity contribution is 6.31. The number of carbonyl (C=O) groups is 1. The second-order valence-electron chi connectivity index (χ2n) is 4.14. The third kappa shape index (κ3) is 2.97. The lowest BCUT2D eigenvalue weighted by molar-refractivity contribution is -0.137. The van der Waals surface area contributed by atoms with Crippen molar-refractivity contribution in [3.05, 3.63) is 34.9 Å². The van der Waals surface area contributed by atoms with Gasteiger partial charge in [0.25, 0.3) is 0 Å². The molecule has 0 saturated carbocycles. The summed E-state index contributed by atoms with van der Waals surface area (Å²) in [6, 6.07) is 7.43. The van der Waals surface area contributed by atoms with Gasteiger partial charge in [0.15, 0.2) is 0 Å². The van der Waals surface area contributed by atoms with E-state index in [1.165, 1.54) is 0 Å². The van der Waals surface area contributed by atoms with Crippen LogP contribution in [0.3, 0.4) is 0 Å². The number of rotatable bonds is 5. The molecule has 1 unspecified atom stereocenters. The zero-order chi connectivity index (χ0) is 12.2. The molecule has 16 heavy (non-hydrogen) atoms. The molecule has 0 aliphatic carbocycles. The van der Waals surface area contributed by atoms with Crippen molar-refractivity contribution in [1.82, 2.24) is 0 Å². The Morgan fingerprint density at radius 2 is 2.12 bits per heavy atom. The van der Waals surface area contributed by atoms with Crippen LogP contribution in [0.15, 0.2) is 24.3 Å². The van der Waals surface area contributed by atoms with Crippen LogP contribution in [-0.4, -0.2) is 17.6 Å². The van der Waals surface area contributed by atoms with Crippen LogP contribution in [0.5, 0.6) is 0 Å². The molecule has 0 aliphatic rings. The van der Waals surface area contributed by atoms with Gasteiger partial charge in [-0.2, -0.15) is 0 Å². The fourth-order valence-electron chi connectivity index (χ4n) is 1.68. The Kier molecular flexibility index (Phi) is 4.33. The van der Waals surface area contributed by atoms with Gasteiger partial charge in [-0.25, -0.2) is 0 Å². The Bertz CT molecular complexity index is 381. The van der Waals surface area contributed by atoms with E-state index in [1.54, 1.807) is 6.07 Å². The number of aliphatic carboxylic acids is 1. The van der Waals surface area contributed by atoms with Crippen LogP contribution in [0.2, 0.25) is 5.02 Å². The van der Waals surface area contributed by atoms with Crippen molar-refractivity contribution in [1.29, 1.82) is 0 Å². The number of halogens is 1. The van der Waals surface area contributed by atoms with Gasteiger partial charge in [0.2, 0.25) is 0 Å². The summed E-state index contributed by atoms with van der Waals surface area (Å²) in [7, 11) is 0. The van der Waals surface area contributed by atoms with E-state index in [9.17, 15) is 4.79 Å². The summed E-state index contributed by atoms with van der Waals surface area (Å²) >= 11 is 6.10. The maximum atomic E-state index is 10.6. The molecule has 0 fully saturated rings. The minimum absolute atomic E-state index is 0.0962. The zero-order valence-corrected chi connectivity index (χ0v) is 10.00. The first-order valence-electron chi connectivity index (χ1n) is 5.16. The van der Waals surface area contributed by atoms with Crippen molar-refractivity contribution in [3.8, 4) is 0 Å². The van der Waals surface area contributed by atoms with Gasteiger partial charge in [-0.1, -0.05) is 36.7 Å². The lowest BCUT2D eigenvalue weighted by Gasteiger charge is -2.29. The quantitative estimate of drug-likeness (QED) is 0.832. The summed E-state index contributed by atoms with van der Waals surface area (Å²) in [5, 5.41) is 9.35. The van der Waals surface area contributed by atoms with Crippen molar-refractivity contribution in [2.45, 2.75) is 25.2 Å². The monoisotopic (exact) mass is 241 g/mol. The van der Waals surface area contributed by atoms with Gasteiger partial charge in [0.05, 0.1) is 0 Å². The highest BCUT2D eigenvalue weighted by Crippen LogP contribution is 2.33. The molecule has 0 spiro atoms. The summed E-state index contributed by atoms with van der Waals surface area (Å²) in [5.74, 6) is -0.813. The number of carboxylic acid groups (broad SMARTS) is 1. The van der Waals surface area contributed by atoms with Crippen molar-refractivity contribution < 1.29 is 9.90 Å². The van der Waals surface area contributed by atoms with Gasteiger partial charge < -0.3 is 10.8 Å². The molecule has 0 radical (unpaired) electrons. The van der Waals surface area contributed by atoms with E-state index in [-0.39, 0.29) is 11.8 Å². The lowest BCUT2D eigenvalue weighted by atomic mass is 9.78. The van der Waals surface area contributed by atoms with Crippen molar-refractivity contribution >= 4 is 17.6 Å². The van der Waals surface area contributed by atoms with Crippen LogP contribution >= 0.6 is 11.6 Å². The molecule has 0 amide bonds. The first kappa shape index (κ1) is 13.0. The largest absolute Gasteiger partial charge is 0.481 e. The van der Waals surface area contributed by atoms with E-state index in [2.05, 4.69) is 0 Å². The van der Waals surface area contributed by atoms with E-state index in [4.69, 9.17) is 22.4 Å². The third-order valence-corrected chi connectivity index (χ3v) is 3.19. The molecule has 1 rings (SSSR count). The number of benzene rings is 1. The summed E-state index contributed by atoms with van der Waals surface area (Å²) in [6.07, 6.45) is 0.585. The SMILES string of the molecule is CC(CN)(CCC(=O)O)c1ccccc1Cl. The molecule has 1 aromatic rings. The first-order valence-corrected chi connectivity index (χ1v) is 5.54. The zero-order valence-electron chi connectivity index (χ0n) is 9.24. The smallest absolute Gasteiger partial charge is 0.303 e. The second-order valence-corrected chi connectivity index (χ2v) is 4.55. The van der Waals surface area contributed by atoms with Gasteiger partial charge in [-0.15, -0.1) is 0 Å². The maximum Gasteiger partial charge on any atom is 0.303 e. The minimum Gasteiger partial charge on any atom is -0.481 e. The van der Waals surface area contributed by atoms with Crippen LogP contribution < -0.4 is 5.73 Å². The Hall–Kier alpha value is -1.06. The fourth-order valence-corrected chi connectivity index (χ4v) is 2.04. The van der Waals surface area contributed by atoms with Crippen molar-refractivity contribution in [3.63, 3.8) is 0 Å². The second kappa shape index (κ2) is 5.32. The van der Waals surface area contributed by atoms with Crippen LogP contribution in [-0.2, 0) is 10.2 Å². The third-order valence-electron chi connectivity index (χ3n) is 2.87. The number of hydrogen-bond acceptors (Lipinski definition) is 2. The highest BCUT2D eigenvalue weighted by Gasteiger charge is 2.27. The number of hydrogen-bond donors (Lipinski definition) is 2. The summed E-state index contributed by atoms with van der Waals surface area (Å²) < 4.78 is 0. The molecule has 0 aliphatic heterocycles. The lowest BCUT2D eigenvalue weighted by Crippen LogP contribution is -2.32. The summed E-state index contributed by atoms with van der Waals surface area (Å²) in [4.78, 5) is 10.6. The van der Waals surface area contributed by atoms with Gasteiger partial charge in [-0.05, 0) is 18.1 Å². The van der Waals surface area contributed by atoms with E-state index >= 15 is 0 Å². The Morgan fingerprint density at radius 3 is 2.62 bits per heavy atom. The minimum atomic E-state index is -0.813. The van der Waals surface area contributed by atoms with E-state index in [0.717, 1.165) is 5.56 Å². The average molecular weight is 242 g/mol. The molecule has 0 aromatic heterocycles. The van der Waals surface area contributed by atoms with Crippen LogP contribution in [0.25, 0.3) is 0 Å². The number of nitrogens with two attached hydrogens (primary N) is 1. The average Bonchev–Trinajstić information content (AvgIpc) is 2.26. The van der Waals surface area contributed by atoms with Gasteiger partial charge >= 0.3 is 5.97 Å². The first-order chi connectivity index (χ1) is 7.49. The molecule has 1 aromatic carbocycles. The molecular formula is C12H16ClNO2. The van der Waals surface area contributed by atoms with Gasteiger partial charge in [0, 0.05) is 23.4 Å². The van der Waals surface area contributed by atoms with Gasteiger partial charge in [0.1, 0.15) is 0 Å². The molecule has 1 atom stereocenters. The number of carboxylic acids is 1. The topological polar surface area (TPSA) is 63.3 Å². The summed E-state index contributed by atoms with van der Waals surface area (Å²) in [6.45, 7) is 2.32. The van der Waals surface area contributed by atoms with Crippen LogP contribution in [0, 0.1) is 0 Å². The molecule has 3 N–H and O–H groups in total. The molecule has 4 heteroatoms. The Balaban J connectivity index is 2.95. The molecule has 0 heterocycles. The van der Waals surface area contributed by atoms with Crippen molar-refractivity contribution in [2.24, 2.45) is 5.73 Å². The van der Waals surface area contributed by atoms with E-state index in [0.29, 0.717) is 18.0 Å². The molecule has 0 saturated heterocycles. The summed E-state index contributed by atoms with van der Waals surface area (Å²) in [5.41, 5.74) is 6.28. The maximum absolute atomic E-state index is 10.6.